The fraction of sp³-hybridized carbons (Fsp3) is 0.136. The predicted octanol–water partition coefficient (Wildman–Crippen LogP) is 4.53. The van der Waals surface area contributed by atoms with Crippen molar-refractivity contribution in [3.05, 3.63) is 83.6 Å². The van der Waals surface area contributed by atoms with E-state index < -0.39 is 0 Å². The monoisotopic (exact) mass is 348 g/mol. The lowest BCUT2D eigenvalue weighted by atomic mass is 10.0. The van der Waals surface area contributed by atoms with Gasteiger partial charge in [0.2, 0.25) is 0 Å². The zero-order valence-electron chi connectivity index (χ0n) is 14.8. The average molecular weight is 348 g/mol. The lowest BCUT2D eigenvalue weighted by molar-refractivity contribution is 0.104. The van der Waals surface area contributed by atoms with Gasteiger partial charge in [-0.3, -0.25) is 4.79 Å². The van der Waals surface area contributed by atoms with E-state index in [9.17, 15) is 4.79 Å². The molecule has 0 amide bonds. The first-order valence-corrected chi connectivity index (χ1v) is 8.24. The van der Waals surface area contributed by atoms with Crippen LogP contribution in [0, 0.1) is 0 Å². The van der Waals surface area contributed by atoms with Crippen molar-refractivity contribution in [3.63, 3.8) is 0 Å². The average Bonchev–Trinajstić information content (AvgIpc) is 2.72. The molecule has 1 heterocycles. The third-order valence-electron chi connectivity index (χ3n) is 4.05. The largest absolute Gasteiger partial charge is 0.497 e. The van der Waals surface area contributed by atoms with Crippen molar-refractivity contribution in [1.82, 2.24) is 0 Å². The van der Waals surface area contributed by atoms with Gasteiger partial charge in [0.15, 0.2) is 5.78 Å². The summed E-state index contributed by atoms with van der Waals surface area (Å²) in [5.74, 6) is 1.06. The third kappa shape index (κ3) is 4.22. The molecule has 0 aromatic heterocycles. The van der Waals surface area contributed by atoms with E-state index in [1.54, 1.807) is 50.8 Å². The molecule has 0 saturated heterocycles. The molecular formula is C22H20O4. The van der Waals surface area contributed by atoms with Gasteiger partial charge in [-0.2, -0.15) is 0 Å². The fourth-order valence-corrected chi connectivity index (χ4v) is 2.60. The number of carbonyl (C=O) groups is 1. The van der Waals surface area contributed by atoms with Crippen LogP contribution in [-0.2, 0) is 4.74 Å². The van der Waals surface area contributed by atoms with E-state index in [4.69, 9.17) is 14.2 Å². The number of allylic oxidation sites excluding steroid dienone is 3. The smallest absolute Gasteiger partial charge is 0.186 e. The van der Waals surface area contributed by atoms with E-state index >= 15 is 0 Å². The minimum Gasteiger partial charge on any atom is -0.497 e. The molecule has 0 unspecified atom stereocenters. The summed E-state index contributed by atoms with van der Waals surface area (Å²) in [6, 6.07) is 13.1. The molecule has 132 valence electrons. The van der Waals surface area contributed by atoms with Gasteiger partial charge in [0.25, 0.3) is 0 Å². The van der Waals surface area contributed by atoms with Crippen molar-refractivity contribution in [2.75, 3.05) is 20.8 Å². The Hall–Kier alpha value is -3.27. The summed E-state index contributed by atoms with van der Waals surface area (Å²) in [5, 5.41) is 0. The molecular weight excluding hydrogens is 328 g/mol. The molecule has 4 heteroatoms. The second-order valence-electron chi connectivity index (χ2n) is 5.72. The molecule has 3 rings (SSSR count). The van der Waals surface area contributed by atoms with Gasteiger partial charge >= 0.3 is 0 Å². The molecule has 1 aliphatic rings. The number of benzene rings is 2. The summed E-state index contributed by atoms with van der Waals surface area (Å²) in [6.07, 6.45) is 9.02. The highest BCUT2D eigenvalue weighted by Crippen LogP contribution is 2.23. The van der Waals surface area contributed by atoms with Crippen LogP contribution in [0.1, 0.15) is 21.5 Å². The summed E-state index contributed by atoms with van der Waals surface area (Å²) in [6.45, 7) is 0.589. The molecule has 0 atom stereocenters. The van der Waals surface area contributed by atoms with Crippen LogP contribution in [0.4, 0.5) is 0 Å². The Balaban J connectivity index is 1.74. The summed E-state index contributed by atoms with van der Waals surface area (Å²) < 4.78 is 15.6. The second kappa shape index (κ2) is 8.21. The number of rotatable bonds is 6. The molecule has 0 bridgehead atoms. The van der Waals surface area contributed by atoms with Crippen LogP contribution in [0.3, 0.4) is 0 Å². The summed E-state index contributed by atoms with van der Waals surface area (Å²) in [4.78, 5) is 12.4. The maximum atomic E-state index is 12.4. The number of hydrogen-bond acceptors (Lipinski definition) is 4. The molecule has 0 fully saturated rings. The Morgan fingerprint density at radius 1 is 1.04 bits per heavy atom. The van der Waals surface area contributed by atoms with E-state index in [0.29, 0.717) is 23.7 Å². The number of ether oxygens (including phenoxy) is 3. The zero-order valence-corrected chi connectivity index (χ0v) is 14.8. The van der Waals surface area contributed by atoms with Crippen molar-refractivity contribution in [2.24, 2.45) is 0 Å². The van der Waals surface area contributed by atoms with Crippen LogP contribution in [0.25, 0.3) is 11.6 Å². The second-order valence-corrected chi connectivity index (χ2v) is 5.72. The number of carbonyl (C=O) groups excluding carboxylic acids is 1. The molecule has 0 N–H and O–H groups in total. The van der Waals surface area contributed by atoms with Gasteiger partial charge in [0, 0.05) is 11.6 Å². The van der Waals surface area contributed by atoms with Crippen molar-refractivity contribution >= 4 is 17.4 Å². The number of hydrogen-bond donors (Lipinski definition) is 0. The van der Waals surface area contributed by atoms with Gasteiger partial charge in [0.1, 0.15) is 18.1 Å². The molecule has 0 saturated carbocycles. The minimum absolute atomic E-state index is 0.110. The van der Waals surface area contributed by atoms with E-state index in [0.717, 1.165) is 16.7 Å². The van der Waals surface area contributed by atoms with Gasteiger partial charge in [-0.1, -0.05) is 30.3 Å². The van der Waals surface area contributed by atoms with E-state index in [1.165, 1.54) is 0 Å². The first-order chi connectivity index (χ1) is 12.7. The molecule has 1 aliphatic heterocycles. The first-order valence-electron chi connectivity index (χ1n) is 8.24. The molecule has 26 heavy (non-hydrogen) atoms. The van der Waals surface area contributed by atoms with Crippen molar-refractivity contribution in [1.29, 1.82) is 0 Å². The topological polar surface area (TPSA) is 44.8 Å². The number of ketones is 1. The Labute approximate surface area is 153 Å². The SMILES string of the molecule is COc1cc(OC)cc(C(=O)C=Cc2ccc(C3=CCOC=C3)cc2)c1. The van der Waals surface area contributed by atoms with Crippen molar-refractivity contribution < 1.29 is 19.0 Å². The van der Waals surface area contributed by atoms with E-state index in [1.807, 2.05) is 36.4 Å². The standard InChI is InChI=1S/C22H20O4/c1-24-20-13-19(14-21(15-20)25-2)22(23)8-5-16-3-6-17(7-4-16)18-9-11-26-12-10-18/h3-11,13-15H,12H2,1-2H3. The minimum atomic E-state index is -0.110. The van der Waals surface area contributed by atoms with Gasteiger partial charge in [-0.15, -0.1) is 0 Å². The van der Waals surface area contributed by atoms with E-state index in [-0.39, 0.29) is 5.78 Å². The lowest BCUT2D eigenvalue weighted by Crippen LogP contribution is -1.97. The maximum Gasteiger partial charge on any atom is 0.186 e. The Morgan fingerprint density at radius 3 is 2.31 bits per heavy atom. The fourth-order valence-electron chi connectivity index (χ4n) is 2.60. The third-order valence-corrected chi connectivity index (χ3v) is 4.05. The molecule has 0 radical (unpaired) electrons. The summed E-state index contributed by atoms with van der Waals surface area (Å²) >= 11 is 0. The Bertz CT molecular complexity index is 851. The van der Waals surface area contributed by atoms with Gasteiger partial charge < -0.3 is 14.2 Å². The molecule has 2 aromatic rings. The summed E-state index contributed by atoms with van der Waals surface area (Å²) in [5.41, 5.74) is 3.72. The van der Waals surface area contributed by atoms with Crippen LogP contribution < -0.4 is 9.47 Å². The summed E-state index contributed by atoms with van der Waals surface area (Å²) in [7, 11) is 3.12. The molecule has 2 aromatic carbocycles. The van der Waals surface area contributed by atoms with Crippen LogP contribution in [0.5, 0.6) is 11.5 Å². The highest BCUT2D eigenvalue weighted by molar-refractivity contribution is 6.07. The van der Waals surface area contributed by atoms with Gasteiger partial charge in [0.05, 0.1) is 20.5 Å². The zero-order chi connectivity index (χ0) is 18.4. The van der Waals surface area contributed by atoms with Crippen molar-refractivity contribution in [2.45, 2.75) is 0 Å². The first kappa shape index (κ1) is 17.5. The quantitative estimate of drug-likeness (QED) is 0.568. The Kier molecular flexibility index (Phi) is 5.54. The highest BCUT2D eigenvalue weighted by atomic mass is 16.5. The van der Waals surface area contributed by atoms with Gasteiger partial charge in [-0.25, -0.2) is 0 Å². The van der Waals surface area contributed by atoms with Crippen molar-refractivity contribution in [3.8, 4) is 11.5 Å². The van der Waals surface area contributed by atoms with Crippen LogP contribution >= 0.6 is 0 Å². The molecule has 4 nitrogen and oxygen atoms in total. The van der Waals surface area contributed by atoms with E-state index in [2.05, 4.69) is 0 Å². The van der Waals surface area contributed by atoms with Crippen LogP contribution in [0.15, 0.2) is 67.0 Å². The molecule has 0 aliphatic carbocycles. The highest BCUT2D eigenvalue weighted by Gasteiger charge is 2.07. The maximum absolute atomic E-state index is 12.4. The number of methoxy groups -OCH3 is 2. The van der Waals surface area contributed by atoms with Gasteiger partial charge in [-0.05, 0) is 47.1 Å². The lowest BCUT2D eigenvalue weighted by Gasteiger charge is -2.08. The molecule has 0 spiro atoms. The van der Waals surface area contributed by atoms with Crippen LogP contribution in [-0.4, -0.2) is 26.6 Å². The van der Waals surface area contributed by atoms with Crippen LogP contribution in [0.2, 0.25) is 0 Å². The normalized spacial score (nSPS) is 13.2. The predicted molar refractivity (Wildman–Crippen MR) is 102 cm³/mol. The Morgan fingerprint density at radius 2 is 1.73 bits per heavy atom.